The molecule has 0 aliphatic rings. The molecule has 130 valence electrons. The van der Waals surface area contributed by atoms with Crippen molar-refractivity contribution < 1.29 is 19.4 Å². The largest absolute Gasteiger partial charge is 0.480 e. The van der Waals surface area contributed by atoms with Gasteiger partial charge < -0.3 is 20.9 Å². The summed E-state index contributed by atoms with van der Waals surface area (Å²) in [5.74, 6) is -0.335. The zero-order valence-corrected chi connectivity index (χ0v) is 14.9. The van der Waals surface area contributed by atoms with Crippen molar-refractivity contribution in [3.63, 3.8) is 0 Å². The lowest BCUT2D eigenvalue weighted by Gasteiger charge is -2.17. The van der Waals surface area contributed by atoms with Crippen molar-refractivity contribution in [2.75, 3.05) is 30.5 Å². The lowest BCUT2D eigenvalue weighted by Crippen LogP contribution is -2.29. The smallest absolute Gasteiger partial charge is 0.328 e. The third kappa shape index (κ3) is 9.10. The van der Waals surface area contributed by atoms with E-state index < -0.39 is 5.97 Å². The number of benzene rings is 1. The molecule has 0 saturated heterocycles. The molecule has 0 spiro atoms. The number of nitrogens with one attached hydrogen (secondary N) is 1. The van der Waals surface area contributed by atoms with Gasteiger partial charge in [0, 0.05) is 11.4 Å². The van der Waals surface area contributed by atoms with Crippen molar-refractivity contribution in [1.29, 1.82) is 0 Å². The van der Waals surface area contributed by atoms with Crippen LogP contribution in [-0.4, -0.2) is 48.2 Å². The van der Waals surface area contributed by atoms with Crippen LogP contribution in [0.2, 0.25) is 0 Å². The Hall–Kier alpha value is -1.73. The van der Waals surface area contributed by atoms with Crippen LogP contribution in [0.25, 0.3) is 0 Å². The van der Waals surface area contributed by atoms with E-state index in [1.807, 2.05) is 45.2 Å². The predicted molar refractivity (Wildman–Crippen MR) is 95.0 cm³/mol. The van der Waals surface area contributed by atoms with Crippen molar-refractivity contribution >= 4 is 29.4 Å². The van der Waals surface area contributed by atoms with Gasteiger partial charge in [0.05, 0.1) is 6.54 Å². The SMILES string of the molecule is CSCCOC(=O)[C@H](C)Nc1c(C)cccc1C.NCC(=O)O. The Morgan fingerprint density at radius 3 is 2.30 bits per heavy atom. The minimum Gasteiger partial charge on any atom is -0.480 e. The molecule has 0 aliphatic carbocycles. The van der Waals surface area contributed by atoms with Crippen LogP contribution in [0.5, 0.6) is 0 Å². The molecule has 0 heterocycles. The number of aliphatic carboxylic acids is 1. The highest BCUT2D eigenvalue weighted by molar-refractivity contribution is 7.98. The number of anilines is 1. The van der Waals surface area contributed by atoms with Gasteiger partial charge in [-0.15, -0.1) is 0 Å². The zero-order chi connectivity index (χ0) is 17.8. The Kier molecular flexibility index (Phi) is 10.9. The summed E-state index contributed by atoms with van der Waals surface area (Å²) in [6.45, 7) is 6.08. The fourth-order valence-electron chi connectivity index (χ4n) is 1.67. The van der Waals surface area contributed by atoms with E-state index in [2.05, 4.69) is 11.1 Å². The van der Waals surface area contributed by atoms with Crippen LogP contribution in [0.1, 0.15) is 18.1 Å². The van der Waals surface area contributed by atoms with Crippen LogP contribution in [-0.2, 0) is 14.3 Å². The number of ether oxygens (including phenoxy) is 1. The maximum atomic E-state index is 11.8. The molecule has 6 nitrogen and oxygen atoms in total. The van der Waals surface area contributed by atoms with Gasteiger partial charge in [-0.1, -0.05) is 18.2 Å². The Balaban J connectivity index is 0.000000841. The highest BCUT2D eigenvalue weighted by Gasteiger charge is 2.15. The third-order valence-electron chi connectivity index (χ3n) is 2.90. The summed E-state index contributed by atoms with van der Waals surface area (Å²) in [4.78, 5) is 21.0. The molecule has 0 bridgehead atoms. The molecule has 1 aromatic carbocycles. The van der Waals surface area contributed by atoms with Crippen LogP contribution in [0.4, 0.5) is 5.69 Å². The number of rotatable bonds is 7. The van der Waals surface area contributed by atoms with Crippen LogP contribution < -0.4 is 11.1 Å². The first-order valence-corrected chi connectivity index (χ1v) is 8.63. The van der Waals surface area contributed by atoms with Gasteiger partial charge in [0.25, 0.3) is 0 Å². The second-order valence-corrected chi connectivity index (χ2v) is 5.88. The number of para-hydroxylation sites is 1. The van der Waals surface area contributed by atoms with Crippen LogP contribution >= 0.6 is 11.8 Å². The summed E-state index contributed by atoms with van der Waals surface area (Å²) in [5, 5.41) is 10.8. The fraction of sp³-hybridized carbons (Fsp3) is 0.500. The average Bonchev–Trinajstić information content (AvgIpc) is 2.51. The highest BCUT2D eigenvalue weighted by atomic mass is 32.2. The van der Waals surface area contributed by atoms with E-state index in [0.29, 0.717) is 6.61 Å². The first kappa shape index (κ1) is 21.3. The van der Waals surface area contributed by atoms with E-state index in [1.54, 1.807) is 11.8 Å². The molecule has 23 heavy (non-hydrogen) atoms. The van der Waals surface area contributed by atoms with E-state index in [4.69, 9.17) is 9.84 Å². The van der Waals surface area contributed by atoms with E-state index in [0.717, 1.165) is 22.6 Å². The minimum absolute atomic E-state index is 0.202. The zero-order valence-electron chi connectivity index (χ0n) is 14.1. The maximum absolute atomic E-state index is 11.8. The molecule has 0 saturated carbocycles. The quantitative estimate of drug-likeness (QED) is 0.515. The number of carboxylic acid groups (broad SMARTS) is 1. The van der Waals surface area contributed by atoms with Gasteiger partial charge >= 0.3 is 11.9 Å². The number of hydrogen-bond acceptors (Lipinski definition) is 6. The van der Waals surface area contributed by atoms with Gasteiger partial charge in [0.2, 0.25) is 0 Å². The van der Waals surface area contributed by atoms with Gasteiger partial charge in [0.15, 0.2) is 0 Å². The van der Waals surface area contributed by atoms with E-state index >= 15 is 0 Å². The molecule has 0 radical (unpaired) electrons. The molecule has 4 N–H and O–H groups in total. The lowest BCUT2D eigenvalue weighted by molar-refractivity contribution is -0.143. The van der Waals surface area contributed by atoms with Crippen LogP contribution in [0, 0.1) is 13.8 Å². The monoisotopic (exact) mass is 342 g/mol. The fourth-order valence-corrected chi connectivity index (χ4v) is 1.92. The topological polar surface area (TPSA) is 102 Å². The first-order chi connectivity index (χ1) is 10.8. The molecule has 0 aromatic heterocycles. The number of carbonyl (C=O) groups excluding carboxylic acids is 1. The van der Waals surface area contributed by atoms with Crippen molar-refractivity contribution in [1.82, 2.24) is 0 Å². The molecule has 0 aliphatic heterocycles. The molecule has 1 aromatic rings. The Labute approximate surface area is 141 Å². The van der Waals surface area contributed by atoms with Gasteiger partial charge in [-0.3, -0.25) is 4.79 Å². The molecule has 0 fully saturated rings. The van der Waals surface area contributed by atoms with E-state index in [1.165, 1.54) is 0 Å². The molecular weight excluding hydrogens is 316 g/mol. The number of thioether (sulfide) groups is 1. The van der Waals surface area contributed by atoms with Crippen molar-refractivity contribution in [2.24, 2.45) is 5.73 Å². The second kappa shape index (κ2) is 11.8. The lowest BCUT2D eigenvalue weighted by atomic mass is 10.1. The number of carboxylic acids is 1. The number of carbonyl (C=O) groups is 2. The minimum atomic E-state index is -0.968. The molecule has 0 amide bonds. The Morgan fingerprint density at radius 2 is 1.87 bits per heavy atom. The summed E-state index contributed by atoms with van der Waals surface area (Å²) >= 11 is 1.67. The summed E-state index contributed by atoms with van der Waals surface area (Å²) < 4.78 is 5.17. The maximum Gasteiger partial charge on any atom is 0.328 e. The molecule has 1 rings (SSSR count). The molecular formula is C16H26N2O4S. The van der Waals surface area contributed by atoms with Crippen molar-refractivity contribution in [2.45, 2.75) is 26.8 Å². The van der Waals surface area contributed by atoms with Gasteiger partial charge in [0.1, 0.15) is 12.6 Å². The molecule has 7 heteroatoms. The van der Waals surface area contributed by atoms with Gasteiger partial charge in [-0.2, -0.15) is 11.8 Å². The Bertz CT molecular complexity index is 489. The summed E-state index contributed by atoms with van der Waals surface area (Å²) in [5.41, 5.74) is 7.87. The van der Waals surface area contributed by atoms with Crippen LogP contribution in [0.15, 0.2) is 18.2 Å². The number of aryl methyl sites for hydroxylation is 2. The molecule has 1 atom stereocenters. The van der Waals surface area contributed by atoms with Gasteiger partial charge in [-0.25, -0.2) is 4.79 Å². The predicted octanol–water partition coefficient (Wildman–Crippen LogP) is 2.04. The summed E-state index contributed by atoms with van der Waals surface area (Å²) in [7, 11) is 0. The summed E-state index contributed by atoms with van der Waals surface area (Å²) in [6, 6.07) is 5.74. The van der Waals surface area contributed by atoms with Crippen molar-refractivity contribution in [3.8, 4) is 0 Å². The van der Waals surface area contributed by atoms with E-state index in [-0.39, 0.29) is 18.6 Å². The second-order valence-electron chi connectivity index (χ2n) is 4.89. The number of hydrogen-bond donors (Lipinski definition) is 3. The normalized spacial score (nSPS) is 11.0. The van der Waals surface area contributed by atoms with Crippen molar-refractivity contribution in [3.05, 3.63) is 29.3 Å². The van der Waals surface area contributed by atoms with Crippen LogP contribution in [0.3, 0.4) is 0 Å². The number of esters is 1. The average molecular weight is 342 g/mol. The highest BCUT2D eigenvalue weighted by Crippen LogP contribution is 2.20. The van der Waals surface area contributed by atoms with E-state index in [9.17, 15) is 9.59 Å². The molecule has 0 unspecified atom stereocenters. The summed E-state index contributed by atoms with van der Waals surface area (Å²) in [6.07, 6.45) is 1.99. The Morgan fingerprint density at radius 1 is 1.35 bits per heavy atom. The first-order valence-electron chi connectivity index (χ1n) is 7.23. The van der Waals surface area contributed by atoms with Gasteiger partial charge in [-0.05, 0) is 38.2 Å². The number of nitrogens with two attached hydrogens (primary N) is 1. The third-order valence-corrected chi connectivity index (χ3v) is 3.48. The standard InChI is InChI=1S/C14H21NO2S.C2H5NO2/c1-10-6-5-7-11(2)13(10)15-12(3)14(16)17-8-9-18-4;3-1-2(4)5/h5-7,12,15H,8-9H2,1-4H3;1,3H2,(H,4,5)/t12-;/m0./s1.